The zero-order valence-electron chi connectivity index (χ0n) is 12.1. The van der Waals surface area contributed by atoms with E-state index in [2.05, 4.69) is 14.7 Å². The third-order valence-electron chi connectivity index (χ3n) is 2.86. The highest BCUT2D eigenvalue weighted by Crippen LogP contribution is 2.22. The van der Waals surface area contributed by atoms with E-state index in [4.69, 9.17) is 0 Å². The zero-order valence-corrected chi connectivity index (χ0v) is 12.1. The Morgan fingerprint density at radius 2 is 1.95 bits per heavy atom. The van der Waals surface area contributed by atoms with E-state index in [1.54, 1.807) is 19.1 Å². The van der Waals surface area contributed by atoms with Crippen LogP contribution in [0, 0.1) is 6.92 Å². The van der Waals surface area contributed by atoms with Gasteiger partial charge in [0.1, 0.15) is 0 Å². The molecule has 0 aliphatic carbocycles. The predicted molar refractivity (Wildman–Crippen MR) is 71.3 cm³/mol. The molecule has 1 aromatic rings. The Labute approximate surface area is 120 Å². The van der Waals surface area contributed by atoms with Gasteiger partial charge in [0.05, 0.1) is 18.4 Å². The normalized spacial score (nSPS) is 13.8. The molecule has 0 aromatic heterocycles. The number of ether oxygens (including phenoxy) is 1. The summed E-state index contributed by atoms with van der Waals surface area (Å²) in [6, 6.07) is 4.73. The molecule has 0 N–H and O–H groups in total. The van der Waals surface area contributed by atoms with E-state index in [-0.39, 0.29) is 5.71 Å². The number of carbonyl (C=O) groups is 1. The molecule has 7 heteroatoms. The molecule has 0 fully saturated rings. The van der Waals surface area contributed by atoms with Crippen LogP contribution in [0.5, 0.6) is 0 Å². The average Bonchev–Trinajstić information content (AvgIpc) is 2.42. The van der Waals surface area contributed by atoms with Gasteiger partial charge in [0.25, 0.3) is 0 Å². The van der Waals surface area contributed by atoms with Crippen LogP contribution >= 0.6 is 0 Å². The number of carbonyl (C=O) groups excluding carboxylic acids is 1. The number of hydrogen-bond acceptors (Lipinski definition) is 4. The fourth-order valence-corrected chi connectivity index (χ4v) is 1.50. The number of esters is 1. The van der Waals surface area contributed by atoms with Crippen molar-refractivity contribution in [3.63, 3.8) is 0 Å². The quantitative estimate of drug-likeness (QED) is 0.486. The van der Waals surface area contributed by atoms with E-state index in [1.807, 2.05) is 0 Å². The standard InChI is InChI=1S/C14H16F3NO3/c1-8-7-11(5-6-12(8)13(19)20-4)9(2)18-21-10(3)14(15,16)17/h5-7,10H,1-4H3/b18-9+. The lowest BCUT2D eigenvalue weighted by Gasteiger charge is -2.14. The summed E-state index contributed by atoms with van der Waals surface area (Å²) in [6.07, 6.45) is -6.45. The van der Waals surface area contributed by atoms with Gasteiger partial charge in [0.15, 0.2) is 0 Å². The lowest BCUT2D eigenvalue weighted by Crippen LogP contribution is -2.27. The van der Waals surface area contributed by atoms with Crippen LogP contribution in [-0.2, 0) is 9.57 Å². The van der Waals surface area contributed by atoms with Crippen LogP contribution in [0.1, 0.15) is 35.3 Å². The molecule has 1 rings (SSSR count). The van der Waals surface area contributed by atoms with E-state index in [9.17, 15) is 18.0 Å². The van der Waals surface area contributed by atoms with Crippen LogP contribution in [0.2, 0.25) is 0 Å². The molecule has 0 aliphatic rings. The van der Waals surface area contributed by atoms with Gasteiger partial charge < -0.3 is 9.57 Å². The molecule has 0 spiro atoms. The average molecular weight is 303 g/mol. The summed E-state index contributed by atoms with van der Waals surface area (Å²) in [5, 5.41) is 3.48. The number of halogens is 3. The maximum Gasteiger partial charge on any atom is 0.427 e. The smallest absolute Gasteiger partial charge is 0.427 e. The second kappa shape index (κ2) is 6.60. The molecule has 0 saturated heterocycles. The van der Waals surface area contributed by atoms with Crippen molar-refractivity contribution in [2.75, 3.05) is 7.11 Å². The van der Waals surface area contributed by atoms with E-state index >= 15 is 0 Å². The number of oxime groups is 1. The second-order valence-electron chi connectivity index (χ2n) is 4.49. The van der Waals surface area contributed by atoms with Crippen LogP contribution < -0.4 is 0 Å². The van der Waals surface area contributed by atoms with Crippen LogP contribution in [0.4, 0.5) is 13.2 Å². The summed E-state index contributed by atoms with van der Waals surface area (Å²) in [6.45, 7) is 4.10. The molecule has 21 heavy (non-hydrogen) atoms. The number of aryl methyl sites for hydroxylation is 1. The monoisotopic (exact) mass is 303 g/mol. The Kier molecular flexibility index (Phi) is 5.34. The number of hydrogen-bond donors (Lipinski definition) is 0. The molecule has 4 nitrogen and oxygen atoms in total. The van der Waals surface area contributed by atoms with Crippen LogP contribution in [0.25, 0.3) is 0 Å². The summed E-state index contributed by atoms with van der Waals surface area (Å²) in [5.41, 5.74) is 1.87. The van der Waals surface area contributed by atoms with E-state index < -0.39 is 18.2 Å². The van der Waals surface area contributed by atoms with Gasteiger partial charge in [-0.3, -0.25) is 0 Å². The number of benzene rings is 1. The summed E-state index contributed by atoms with van der Waals surface area (Å²) < 4.78 is 41.5. The van der Waals surface area contributed by atoms with Gasteiger partial charge in [-0.25, -0.2) is 4.79 Å². The topological polar surface area (TPSA) is 47.9 Å². The maximum atomic E-state index is 12.3. The Morgan fingerprint density at radius 1 is 1.33 bits per heavy atom. The van der Waals surface area contributed by atoms with Gasteiger partial charge in [-0.05, 0) is 44.0 Å². The van der Waals surface area contributed by atoms with Crippen molar-refractivity contribution in [3.8, 4) is 0 Å². The fourth-order valence-electron chi connectivity index (χ4n) is 1.50. The summed E-state index contributed by atoms with van der Waals surface area (Å²) >= 11 is 0. The minimum absolute atomic E-state index is 0.283. The van der Waals surface area contributed by atoms with Crippen molar-refractivity contribution < 1.29 is 27.5 Å². The molecule has 1 unspecified atom stereocenters. The van der Waals surface area contributed by atoms with Gasteiger partial charge in [-0.1, -0.05) is 11.2 Å². The zero-order chi connectivity index (χ0) is 16.2. The third-order valence-corrected chi connectivity index (χ3v) is 2.86. The molecule has 0 heterocycles. The molecule has 1 aromatic carbocycles. The van der Waals surface area contributed by atoms with Gasteiger partial charge in [-0.2, -0.15) is 13.2 Å². The maximum absolute atomic E-state index is 12.3. The van der Waals surface area contributed by atoms with E-state index in [0.29, 0.717) is 16.7 Å². The molecule has 0 aliphatic heterocycles. The fraction of sp³-hybridized carbons (Fsp3) is 0.429. The molecule has 0 amide bonds. The second-order valence-corrected chi connectivity index (χ2v) is 4.49. The highest BCUT2D eigenvalue weighted by Gasteiger charge is 2.38. The Hall–Kier alpha value is -2.05. The van der Waals surface area contributed by atoms with Gasteiger partial charge in [0.2, 0.25) is 6.10 Å². The number of rotatable bonds is 4. The lowest BCUT2D eigenvalue weighted by molar-refractivity contribution is -0.214. The van der Waals surface area contributed by atoms with Crippen molar-refractivity contribution in [1.29, 1.82) is 0 Å². The van der Waals surface area contributed by atoms with Crippen molar-refractivity contribution in [2.45, 2.75) is 33.1 Å². The molecule has 1 atom stereocenters. The summed E-state index contributed by atoms with van der Waals surface area (Å²) in [5.74, 6) is -0.476. The van der Waals surface area contributed by atoms with Crippen molar-refractivity contribution in [2.24, 2.45) is 5.16 Å². The molecular weight excluding hydrogens is 287 g/mol. The number of nitrogens with zero attached hydrogens (tertiary/aromatic N) is 1. The van der Waals surface area contributed by atoms with E-state index in [0.717, 1.165) is 6.92 Å². The first-order valence-corrected chi connectivity index (χ1v) is 6.13. The van der Waals surface area contributed by atoms with Crippen LogP contribution in [0.15, 0.2) is 23.4 Å². The first kappa shape index (κ1) is 17.0. The van der Waals surface area contributed by atoms with Gasteiger partial charge in [0, 0.05) is 0 Å². The van der Waals surface area contributed by atoms with E-state index in [1.165, 1.54) is 20.1 Å². The van der Waals surface area contributed by atoms with Gasteiger partial charge in [-0.15, -0.1) is 0 Å². The first-order chi connectivity index (χ1) is 9.66. The molecular formula is C14H16F3NO3. The number of alkyl halides is 3. The largest absolute Gasteiger partial charge is 0.465 e. The summed E-state index contributed by atoms with van der Waals surface area (Å²) in [7, 11) is 1.27. The summed E-state index contributed by atoms with van der Waals surface area (Å²) in [4.78, 5) is 15.9. The minimum atomic E-state index is -4.46. The molecule has 0 saturated carbocycles. The van der Waals surface area contributed by atoms with Crippen molar-refractivity contribution >= 4 is 11.7 Å². The lowest BCUT2D eigenvalue weighted by atomic mass is 10.0. The molecule has 0 radical (unpaired) electrons. The Bertz CT molecular complexity index is 553. The van der Waals surface area contributed by atoms with Crippen LogP contribution in [-0.4, -0.2) is 31.1 Å². The van der Waals surface area contributed by atoms with Crippen molar-refractivity contribution in [1.82, 2.24) is 0 Å². The molecule has 0 bridgehead atoms. The Morgan fingerprint density at radius 3 is 2.43 bits per heavy atom. The highest BCUT2D eigenvalue weighted by atomic mass is 19.4. The third kappa shape index (κ3) is 4.47. The Balaban J connectivity index is 2.91. The van der Waals surface area contributed by atoms with Crippen LogP contribution in [0.3, 0.4) is 0 Å². The SMILES string of the molecule is COC(=O)c1ccc(/C(C)=N/OC(C)C(F)(F)F)cc1C. The minimum Gasteiger partial charge on any atom is -0.465 e. The van der Waals surface area contributed by atoms with Crippen molar-refractivity contribution in [3.05, 3.63) is 34.9 Å². The predicted octanol–water partition coefficient (Wildman–Crippen LogP) is 3.47. The number of methoxy groups -OCH3 is 1. The first-order valence-electron chi connectivity index (χ1n) is 6.13. The molecule has 116 valence electrons. The highest BCUT2D eigenvalue weighted by molar-refractivity contribution is 6.00. The van der Waals surface area contributed by atoms with Gasteiger partial charge >= 0.3 is 12.1 Å².